The molecule has 1 aliphatic carbocycles. The van der Waals surface area contributed by atoms with Crippen molar-refractivity contribution in [1.29, 1.82) is 0 Å². The van der Waals surface area contributed by atoms with Gasteiger partial charge in [0.1, 0.15) is 0 Å². The van der Waals surface area contributed by atoms with Gasteiger partial charge in [-0.2, -0.15) is 0 Å². The lowest BCUT2D eigenvalue weighted by Crippen LogP contribution is -2.53. The molecule has 1 saturated carbocycles. The highest BCUT2D eigenvalue weighted by molar-refractivity contribution is 7.73. The Balaban J connectivity index is 2.07. The average molecular weight is 627 g/mol. The summed E-state index contributed by atoms with van der Waals surface area (Å²) in [6.45, 7) is 27.4. The molecule has 0 N–H and O–H groups in total. The van der Waals surface area contributed by atoms with Gasteiger partial charge < -0.3 is 8.85 Å². The Bertz CT molecular complexity index is 1140. The molecule has 2 nitrogen and oxygen atoms in total. The van der Waals surface area contributed by atoms with E-state index in [0.29, 0.717) is 6.42 Å². The molecule has 2 aromatic carbocycles. The van der Waals surface area contributed by atoms with Crippen LogP contribution in [0.5, 0.6) is 0 Å². The highest BCUT2D eigenvalue weighted by Gasteiger charge is 2.48. The summed E-state index contributed by atoms with van der Waals surface area (Å²) in [6, 6.07) is 21.8. The molecule has 0 aromatic heterocycles. The van der Waals surface area contributed by atoms with Crippen molar-refractivity contribution in [2.24, 2.45) is 5.92 Å². The van der Waals surface area contributed by atoms with Gasteiger partial charge in [0.05, 0.1) is 18.9 Å². The molecule has 0 saturated heterocycles. The molecule has 0 radical (unpaired) electrons. The van der Waals surface area contributed by atoms with E-state index in [4.69, 9.17) is 15.4 Å². The van der Waals surface area contributed by atoms with Crippen LogP contribution in [0.1, 0.15) is 60.8 Å². The maximum atomic E-state index is 13.7. The summed E-state index contributed by atoms with van der Waals surface area (Å²) in [7, 11) is -4.80. The highest BCUT2D eigenvalue weighted by Crippen LogP contribution is 2.47. The van der Waals surface area contributed by atoms with Gasteiger partial charge in [0.15, 0.2) is 16.6 Å². The van der Waals surface area contributed by atoms with E-state index >= 15 is 0 Å². The van der Waals surface area contributed by atoms with Crippen molar-refractivity contribution >= 4 is 35.2 Å². The van der Waals surface area contributed by atoms with E-state index in [-0.39, 0.29) is 34.9 Å². The van der Waals surface area contributed by atoms with E-state index in [1.807, 2.05) is 0 Å². The van der Waals surface area contributed by atoms with Crippen LogP contribution in [0.15, 0.2) is 84.5 Å². The van der Waals surface area contributed by atoms with Crippen molar-refractivity contribution in [3.05, 3.63) is 84.5 Å². The SMILES string of the molecule is C=C1/C(=C\CP(c2ccccc2)c2ccccc2)C[C@@H](O[Si](C)(C)C(C)(C)C)[C@@H](CCCF)[C@H]1O[Si](C)(C)C(C)(C)C. The lowest BCUT2D eigenvalue weighted by molar-refractivity contribution is 0.0247. The summed E-state index contributed by atoms with van der Waals surface area (Å²) in [4.78, 5) is 0. The Kier molecular flexibility index (Phi) is 11.8. The molecule has 42 heavy (non-hydrogen) atoms. The van der Waals surface area contributed by atoms with Crippen LogP contribution < -0.4 is 10.6 Å². The van der Waals surface area contributed by atoms with Crippen molar-refractivity contribution < 1.29 is 13.2 Å². The second kappa shape index (κ2) is 14.2. The number of hydrogen-bond acceptors (Lipinski definition) is 2. The first kappa shape index (κ1) is 35.1. The Hall–Kier alpha value is -1.37. The van der Waals surface area contributed by atoms with Crippen molar-refractivity contribution in [2.75, 3.05) is 12.8 Å². The lowest BCUT2D eigenvalue weighted by Gasteiger charge is -2.49. The Morgan fingerprint density at radius 3 is 1.76 bits per heavy atom. The number of hydrogen-bond donors (Lipinski definition) is 0. The van der Waals surface area contributed by atoms with E-state index < -0.39 is 24.6 Å². The standard InChI is InChI=1S/C36H56FO2PSi2/c1-28-29(24-26-40(30-19-14-12-15-20-30)31-21-16-13-17-22-31)27-33(38-41(8,9)35(2,3)4)32(23-18-25-37)34(28)39-42(10,11)36(5,6)7/h12-17,19-22,24,32-34H,1,18,23,25-27H2,2-11H3/b29-24-/t32-,33-,34+/m1/s1. The zero-order chi connectivity index (χ0) is 31.3. The van der Waals surface area contributed by atoms with Gasteiger partial charge >= 0.3 is 0 Å². The number of rotatable bonds is 11. The van der Waals surface area contributed by atoms with Gasteiger partial charge in [0.2, 0.25) is 0 Å². The molecule has 0 spiro atoms. The van der Waals surface area contributed by atoms with Crippen LogP contribution in [0.25, 0.3) is 0 Å². The van der Waals surface area contributed by atoms with Crippen molar-refractivity contribution in [3.63, 3.8) is 0 Å². The molecule has 0 unspecified atom stereocenters. The molecule has 2 aromatic rings. The Morgan fingerprint density at radius 2 is 1.31 bits per heavy atom. The zero-order valence-corrected chi connectivity index (χ0v) is 30.9. The van der Waals surface area contributed by atoms with E-state index in [2.05, 4.69) is 134 Å². The summed E-state index contributed by atoms with van der Waals surface area (Å²) in [5.41, 5.74) is 2.34. The molecule has 3 atom stereocenters. The fourth-order valence-electron chi connectivity index (χ4n) is 5.11. The lowest BCUT2D eigenvalue weighted by atomic mass is 9.76. The van der Waals surface area contributed by atoms with Gasteiger partial charge in [0, 0.05) is 5.92 Å². The normalized spacial score (nSPS) is 21.8. The number of benzene rings is 2. The number of halogens is 1. The third kappa shape index (κ3) is 8.63. The number of alkyl halides is 1. The summed E-state index contributed by atoms with van der Waals surface area (Å²) in [6.07, 6.45) is 5.29. The van der Waals surface area contributed by atoms with Crippen LogP contribution in [0.4, 0.5) is 4.39 Å². The van der Waals surface area contributed by atoms with Crippen LogP contribution >= 0.6 is 7.92 Å². The first-order chi connectivity index (χ1) is 19.5. The predicted molar refractivity (Wildman–Crippen MR) is 189 cm³/mol. The summed E-state index contributed by atoms with van der Waals surface area (Å²) in [5.74, 6) is 0.0957. The smallest absolute Gasteiger partial charge is 0.192 e. The van der Waals surface area contributed by atoms with Crippen LogP contribution in [0.3, 0.4) is 0 Å². The molecule has 3 rings (SSSR count). The minimum atomic E-state index is -2.14. The zero-order valence-electron chi connectivity index (χ0n) is 28.0. The second-order valence-corrected chi connectivity index (χ2v) is 26.7. The maximum Gasteiger partial charge on any atom is 0.192 e. The van der Waals surface area contributed by atoms with E-state index in [1.54, 1.807) is 0 Å². The maximum absolute atomic E-state index is 13.7. The summed E-state index contributed by atoms with van der Waals surface area (Å²) in [5, 5.41) is 2.90. The molecular formula is C36H56FO2PSi2. The second-order valence-electron chi connectivity index (χ2n) is 15.0. The quantitative estimate of drug-likeness (QED) is 0.183. The molecule has 1 fully saturated rings. The van der Waals surface area contributed by atoms with Crippen LogP contribution in [-0.2, 0) is 8.85 Å². The van der Waals surface area contributed by atoms with Crippen molar-refractivity contribution in [1.82, 2.24) is 0 Å². The molecule has 1 aliphatic rings. The molecule has 0 aliphatic heterocycles. The van der Waals surface area contributed by atoms with E-state index in [1.165, 1.54) is 16.2 Å². The molecule has 0 heterocycles. The number of allylic oxidation sites excluding steroid dienone is 1. The fraction of sp³-hybridized carbons (Fsp3) is 0.556. The minimum absolute atomic E-state index is 0.0105. The molecule has 6 heteroatoms. The molecular weight excluding hydrogens is 571 g/mol. The minimum Gasteiger partial charge on any atom is -0.413 e. The summed E-state index contributed by atoms with van der Waals surface area (Å²) >= 11 is 0. The molecule has 0 bridgehead atoms. The van der Waals surface area contributed by atoms with Crippen molar-refractivity contribution in [3.8, 4) is 0 Å². The van der Waals surface area contributed by atoms with Gasteiger partial charge in [-0.15, -0.1) is 0 Å². The van der Waals surface area contributed by atoms with Gasteiger partial charge in [-0.05, 0) is 91.4 Å². The monoisotopic (exact) mass is 626 g/mol. The van der Waals surface area contributed by atoms with E-state index in [0.717, 1.165) is 24.6 Å². The van der Waals surface area contributed by atoms with Gasteiger partial charge in [0.25, 0.3) is 0 Å². The van der Waals surface area contributed by atoms with Crippen LogP contribution in [0.2, 0.25) is 36.3 Å². The Morgan fingerprint density at radius 1 is 0.833 bits per heavy atom. The predicted octanol–water partition coefficient (Wildman–Crippen LogP) is 10.2. The third-order valence-electron chi connectivity index (χ3n) is 9.85. The van der Waals surface area contributed by atoms with Gasteiger partial charge in [-0.1, -0.05) is 115 Å². The summed E-state index contributed by atoms with van der Waals surface area (Å²) < 4.78 is 28.1. The topological polar surface area (TPSA) is 18.5 Å². The van der Waals surface area contributed by atoms with Crippen LogP contribution in [0, 0.1) is 5.92 Å². The largest absolute Gasteiger partial charge is 0.413 e. The van der Waals surface area contributed by atoms with E-state index in [9.17, 15) is 4.39 Å². The molecule has 232 valence electrons. The molecule has 0 amide bonds. The fourth-order valence-corrected chi connectivity index (χ4v) is 9.97. The third-order valence-corrected chi connectivity index (χ3v) is 21.2. The average Bonchev–Trinajstić information content (AvgIpc) is 2.90. The van der Waals surface area contributed by atoms with Crippen molar-refractivity contribution in [2.45, 2.75) is 109 Å². The first-order valence-corrected chi connectivity index (χ1v) is 23.0. The van der Waals surface area contributed by atoms with Gasteiger partial charge in [-0.25, -0.2) is 0 Å². The first-order valence-electron chi connectivity index (χ1n) is 15.7. The van der Waals surface area contributed by atoms with Gasteiger partial charge in [-0.3, -0.25) is 4.39 Å². The highest BCUT2D eigenvalue weighted by atomic mass is 31.1. The Labute approximate surface area is 260 Å². The van der Waals surface area contributed by atoms with Crippen LogP contribution in [-0.4, -0.2) is 41.7 Å².